The molecule has 0 saturated carbocycles. The molecule has 9 heteroatoms. The summed E-state index contributed by atoms with van der Waals surface area (Å²) in [7, 11) is 0. The van der Waals surface area contributed by atoms with Crippen LogP contribution in [0, 0.1) is 0 Å². The third kappa shape index (κ3) is 3.47. The number of anilines is 1. The van der Waals surface area contributed by atoms with Crippen molar-refractivity contribution in [2.75, 3.05) is 12.3 Å². The minimum atomic E-state index is -0.132. The molecule has 0 spiro atoms. The highest BCUT2D eigenvalue weighted by atomic mass is 16.2. The number of amides is 1. The number of imidazole rings is 1. The summed E-state index contributed by atoms with van der Waals surface area (Å²) < 4.78 is 3.65. The first-order chi connectivity index (χ1) is 13.6. The molecule has 0 bridgehead atoms. The number of pyridine rings is 1. The number of nitrogen functional groups attached to an aromatic ring is 1. The molecule has 1 aliphatic heterocycles. The van der Waals surface area contributed by atoms with Crippen LogP contribution in [0.15, 0.2) is 29.6 Å². The maximum atomic E-state index is 12.7. The molecule has 0 aromatic carbocycles. The summed E-state index contributed by atoms with van der Waals surface area (Å²) in [5, 5.41) is 2.97. The van der Waals surface area contributed by atoms with Crippen LogP contribution in [0.5, 0.6) is 0 Å². The van der Waals surface area contributed by atoms with Crippen LogP contribution in [-0.2, 0) is 19.5 Å². The Morgan fingerprint density at radius 1 is 1.18 bits per heavy atom. The number of carbonyl (C=O) groups excluding carboxylic acids is 1. The largest absolute Gasteiger partial charge is 0.382 e. The van der Waals surface area contributed by atoms with E-state index in [0.29, 0.717) is 42.2 Å². The van der Waals surface area contributed by atoms with Crippen LogP contribution in [0.4, 0.5) is 5.82 Å². The standard InChI is InChI=1S/C19H23N7O2/c20-17-16-18(23-11-22-17)25(12-24-16)9-4-8-21-19(28)13-6-7-15(27)26-10-3-1-2-5-14(13)26/h6-7,11-12H,1-5,8-10H2,(H,21,28)(H2,20,22,23). The van der Waals surface area contributed by atoms with Crippen LogP contribution in [0.25, 0.3) is 11.2 Å². The Balaban J connectivity index is 1.40. The Bertz CT molecular complexity index is 1070. The lowest BCUT2D eigenvalue weighted by Gasteiger charge is -2.14. The number of nitrogens with two attached hydrogens (primary N) is 1. The zero-order valence-corrected chi connectivity index (χ0v) is 15.6. The molecule has 0 fully saturated rings. The Kier molecular flexibility index (Phi) is 5.05. The van der Waals surface area contributed by atoms with Gasteiger partial charge < -0.3 is 20.2 Å². The number of nitrogens with one attached hydrogen (secondary N) is 1. The molecule has 4 rings (SSSR count). The summed E-state index contributed by atoms with van der Waals surface area (Å²) in [6.45, 7) is 1.85. The maximum absolute atomic E-state index is 12.7. The van der Waals surface area contributed by atoms with Gasteiger partial charge in [-0.15, -0.1) is 0 Å². The van der Waals surface area contributed by atoms with Gasteiger partial charge in [0.05, 0.1) is 11.9 Å². The van der Waals surface area contributed by atoms with Gasteiger partial charge in [-0.1, -0.05) is 6.42 Å². The smallest absolute Gasteiger partial charge is 0.253 e. The monoisotopic (exact) mass is 381 g/mol. The highest BCUT2D eigenvalue weighted by Gasteiger charge is 2.17. The second kappa shape index (κ2) is 7.79. The van der Waals surface area contributed by atoms with E-state index in [9.17, 15) is 9.59 Å². The molecule has 146 valence electrons. The van der Waals surface area contributed by atoms with Crippen molar-refractivity contribution in [3.8, 4) is 0 Å². The van der Waals surface area contributed by atoms with Gasteiger partial charge in [0.1, 0.15) is 11.8 Å². The lowest BCUT2D eigenvalue weighted by molar-refractivity contribution is 0.0950. The minimum absolute atomic E-state index is 0.0262. The molecule has 3 N–H and O–H groups in total. The Hall–Kier alpha value is -3.23. The van der Waals surface area contributed by atoms with Crippen molar-refractivity contribution in [2.24, 2.45) is 0 Å². The molecule has 9 nitrogen and oxygen atoms in total. The van der Waals surface area contributed by atoms with Crippen molar-refractivity contribution in [1.82, 2.24) is 29.4 Å². The molecule has 28 heavy (non-hydrogen) atoms. The quantitative estimate of drug-likeness (QED) is 0.639. The number of rotatable bonds is 5. The summed E-state index contributed by atoms with van der Waals surface area (Å²) in [6, 6.07) is 3.14. The van der Waals surface area contributed by atoms with Crippen molar-refractivity contribution in [3.63, 3.8) is 0 Å². The summed E-state index contributed by atoms with van der Waals surface area (Å²) in [6.07, 6.45) is 7.64. The molecular formula is C19H23N7O2. The van der Waals surface area contributed by atoms with E-state index in [1.165, 1.54) is 12.4 Å². The second-order valence-electron chi connectivity index (χ2n) is 6.97. The van der Waals surface area contributed by atoms with Gasteiger partial charge in [0.15, 0.2) is 11.5 Å². The molecule has 1 aliphatic rings. The maximum Gasteiger partial charge on any atom is 0.253 e. The van der Waals surface area contributed by atoms with Crippen LogP contribution in [0.1, 0.15) is 41.7 Å². The van der Waals surface area contributed by atoms with E-state index in [1.54, 1.807) is 17.0 Å². The summed E-state index contributed by atoms with van der Waals surface area (Å²) in [5.74, 6) is 0.227. The van der Waals surface area contributed by atoms with Crippen molar-refractivity contribution >= 4 is 22.9 Å². The SMILES string of the molecule is Nc1ncnc2c1ncn2CCCNC(=O)c1ccc(=O)n2c1CCCCC2. The van der Waals surface area contributed by atoms with Crippen LogP contribution in [0.2, 0.25) is 0 Å². The molecule has 0 saturated heterocycles. The number of hydrogen-bond acceptors (Lipinski definition) is 6. The summed E-state index contributed by atoms with van der Waals surface area (Å²) >= 11 is 0. The van der Waals surface area contributed by atoms with Gasteiger partial charge in [0.25, 0.3) is 11.5 Å². The van der Waals surface area contributed by atoms with E-state index in [-0.39, 0.29) is 11.5 Å². The Morgan fingerprint density at radius 3 is 2.96 bits per heavy atom. The normalized spacial score (nSPS) is 13.9. The first-order valence-corrected chi connectivity index (χ1v) is 9.57. The first-order valence-electron chi connectivity index (χ1n) is 9.57. The molecule has 4 heterocycles. The van der Waals surface area contributed by atoms with Gasteiger partial charge in [0.2, 0.25) is 0 Å². The van der Waals surface area contributed by atoms with E-state index in [1.807, 2.05) is 4.57 Å². The van der Waals surface area contributed by atoms with Gasteiger partial charge in [-0.3, -0.25) is 9.59 Å². The van der Waals surface area contributed by atoms with Crippen molar-refractivity contribution in [1.29, 1.82) is 0 Å². The van der Waals surface area contributed by atoms with Crippen LogP contribution in [0.3, 0.4) is 0 Å². The third-order valence-corrected chi connectivity index (χ3v) is 5.13. The van der Waals surface area contributed by atoms with Gasteiger partial charge >= 0.3 is 0 Å². The lowest BCUT2D eigenvalue weighted by atomic mass is 10.1. The number of aromatic nitrogens is 5. The zero-order valence-electron chi connectivity index (χ0n) is 15.6. The van der Waals surface area contributed by atoms with Gasteiger partial charge in [-0.05, 0) is 31.7 Å². The van der Waals surface area contributed by atoms with Gasteiger partial charge in [-0.2, -0.15) is 0 Å². The van der Waals surface area contributed by atoms with Crippen molar-refractivity contribution in [3.05, 3.63) is 46.4 Å². The predicted molar refractivity (Wildman–Crippen MR) is 105 cm³/mol. The molecule has 0 atom stereocenters. The van der Waals surface area contributed by atoms with Crippen LogP contribution >= 0.6 is 0 Å². The number of carbonyl (C=O) groups is 1. The Morgan fingerprint density at radius 2 is 2.07 bits per heavy atom. The number of fused-ring (bicyclic) bond motifs is 2. The fourth-order valence-corrected chi connectivity index (χ4v) is 3.69. The lowest BCUT2D eigenvalue weighted by Crippen LogP contribution is -2.30. The highest BCUT2D eigenvalue weighted by Crippen LogP contribution is 2.17. The number of nitrogens with zero attached hydrogens (tertiary/aromatic N) is 5. The molecule has 3 aromatic rings. The molecule has 0 unspecified atom stereocenters. The molecule has 0 radical (unpaired) electrons. The molecule has 0 aliphatic carbocycles. The molecular weight excluding hydrogens is 358 g/mol. The highest BCUT2D eigenvalue weighted by molar-refractivity contribution is 5.95. The van der Waals surface area contributed by atoms with Gasteiger partial charge in [-0.25, -0.2) is 15.0 Å². The third-order valence-electron chi connectivity index (χ3n) is 5.13. The van der Waals surface area contributed by atoms with Gasteiger partial charge in [0, 0.05) is 31.4 Å². The van der Waals surface area contributed by atoms with E-state index in [2.05, 4.69) is 20.3 Å². The fourth-order valence-electron chi connectivity index (χ4n) is 3.69. The average Bonchev–Trinajstić information content (AvgIpc) is 2.94. The predicted octanol–water partition coefficient (Wildman–Crippen LogP) is 1.12. The molecule has 1 amide bonds. The van der Waals surface area contributed by atoms with E-state index in [0.717, 1.165) is 37.8 Å². The van der Waals surface area contributed by atoms with Crippen molar-refractivity contribution < 1.29 is 4.79 Å². The second-order valence-corrected chi connectivity index (χ2v) is 6.97. The van der Waals surface area contributed by atoms with E-state index >= 15 is 0 Å². The average molecular weight is 381 g/mol. The fraction of sp³-hybridized carbons (Fsp3) is 0.421. The first kappa shape index (κ1) is 18.1. The van der Waals surface area contributed by atoms with E-state index in [4.69, 9.17) is 5.73 Å². The number of hydrogen-bond donors (Lipinski definition) is 2. The van der Waals surface area contributed by atoms with Crippen molar-refractivity contribution in [2.45, 2.75) is 45.2 Å². The van der Waals surface area contributed by atoms with Crippen LogP contribution < -0.4 is 16.6 Å². The van der Waals surface area contributed by atoms with E-state index < -0.39 is 0 Å². The van der Waals surface area contributed by atoms with Crippen LogP contribution in [-0.4, -0.2) is 36.5 Å². The summed E-state index contributed by atoms with van der Waals surface area (Å²) in [5.41, 5.74) is 8.51. The minimum Gasteiger partial charge on any atom is -0.382 e. The Labute approximate surface area is 161 Å². The molecule has 3 aromatic heterocycles. The topological polar surface area (TPSA) is 121 Å². The number of aryl methyl sites for hydroxylation is 1. The summed E-state index contributed by atoms with van der Waals surface area (Å²) in [4.78, 5) is 37.2. The zero-order chi connectivity index (χ0) is 19.5.